The van der Waals surface area contributed by atoms with E-state index in [1.54, 1.807) is 14.2 Å². The molecule has 0 aliphatic rings. The minimum atomic E-state index is 0.373. The monoisotopic (exact) mass is 262 g/mol. The fourth-order valence-corrected chi connectivity index (χ4v) is 1.81. The summed E-state index contributed by atoms with van der Waals surface area (Å²) in [6, 6.07) is 7.51. The molecule has 0 saturated carbocycles. The predicted octanol–water partition coefficient (Wildman–Crippen LogP) is 2.32. The van der Waals surface area contributed by atoms with Crippen LogP contribution >= 0.6 is 0 Å². The Morgan fingerprint density at radius 3 is 2.26 bits per heavy atom. The van der Waals surface area contributed by atoms with E-state index in [0.29, 0.717) is 23.9 Å². The van der Waals surface area contributed by atoms with Crippen molar-refractivity contribution in [1.29, 1.82) is 0 Å². The molecular weight excluding hydrogens is 244 g/mol. The Hall–Kier alpha value is -2.17. The Kier molecular flexibility index (Phi) is 3.94. The standard InChI is InChI=1S/C14H18N2O3/c1-10-8-11(15-16(10)2)9-19-14-12(17-3)6-5-7-13(14)18-4/h5-8H,9H2,1-4H3. The quantitative estimate of drug-likeness (QED) is 0.829. The Morgan fingerprint density at radius 2 is 1.79 bits per heavy atom. The van der Waals surface area contributed by atoms with Gasteiger partial charge in [0.2, 0.25) is 5.75 Å². The van der Waals surface area contributed by atoms with Crippen molar-refractivity contribution in [2.75, 3.05) is 14.2 Å². The molecule has 0 atom stereocenters. The van der Waals surface area contributed by atoms with Crippen molar-refractivity contribution in [2.24, 2.45) is 7.05 Å². The van der Waals surface area contributed by atoms with Crippen LogP contribution in [0.2, 0.25) is 0 Å². The van der Waals surface area contributed by atoms with Gasteiger partial charge >= 0.3 is 0 Å². The minimum absolute atomic E-state index is 0.373. The summed E-state index contributed by atoms with van der Waals surface area (Å²) in [6.07, 6.45) is 0. The number of hydrogen-bond acceptors (Lipinski definition) is 4. The number of ether oxygens (including phenoxy) is 3. The van der Waals surface area contributed by atoms with Crippen LogP contribution in [0.25, 0.3) is 0 Å². The van der Waals surface area contributed by atoms with Gasteiger partial charge in [0.1, 0.15) is 12.3 Å². The van der Waals surface area contributed by atoms with Gasteiger partial charge in [-0.25, -0.2) is 0 Å². The molecule has 0 radical (unpaired) electrons. The Bertz CT molecular complexity index is 522. The number of benzene rings is 1. The molecular formula is C14H18N2O3. The van der Waals surface area contributed by atoms with Gasteiger partial charge in [0.15, 0.2) is 11.5 Å². The lowest BCUT2D eigenvalue weighted by molar-refractivity contribution is 0.262. The van der Waals surface area contributed by atoms with E-state index >= 15 is 0 Å². The Labute approximate surface area is 112 Å². The first kappa shape index (κ1) is 13.3. The smallest absolute Gasteiger partial charge is 0.203 e. The molecule has 5 nitrogen and oxygen atoms in total. The highest BCUT2D eigenvalue weighted by Gasteiger charge is 2.12. The van der Waals surface area contributed by atoms with E-state index in [1.807, 2.05) is 42.9 Å². The number of para-hydroxylation sites is 1. The molecule has 0 spiro atoms. The molecule has 0 aliphatic carbocycles. The van der Waals surface area contributed by atoms with E-state index in [4.69, 9.17) is 14.2 Å². The first-order valence-electron chi connectivity index (χ1n) is 5.99. The molecule has 0 unspecified atom stereocenters. The zero-order valence-corrected chi connectivity index (χ0v) is 11.6. The maximum absolute atomic E-state index is 5.78. The molecule has 2 aromatic rings. The van der Waals surface area contributed by atoms with Gasteiger partial charge in [0, 0.05) is 12.7 Å². The van der Waals surface area contributed by atoms with Gasteiger partial charge < -0.3 is 14.2 Å². The molecule has 0 amide bonds. The van der Waals surface area contributed by atoms with Crippen molar-refractivity contribution in [2.45, 2.75) is 13.5 Å². The van der Waals surface area contributed by atoms with Crippen molar-refractivity contribution in [3.05, 3.63) is 35.7 Å². The molecule has 0 bridgehead atoms. The molecule has 19 heavy (non-hydrogen) atoms. The molecule has 1 heterocycles. The van der Waals surface area contributed by atoms with Crippen molar-refractivity contribution >= 4 is 0 Å². The molecule has 102 valence electrons. The maximum atomic E-state index is 5.78. The van der Waals surface area contributed by atoms with Crippen molar-refractivity contribution in [1.82, 2.24) is 9.78 Å². The Morgan fingerprint density at radius 1 is 1.16 bits per heavy atom. The lowest BCUT2D eigenvalue weighted by Crippen LogP contribution is -2.01. The van der Waals surface area contributed by atoms with Crippen LogP contribution in [-0.4, -0.2) is 24.0 Å². The number of hydrogen-bond donors (Lipinski definition) is 0. The van der Waals surface area contributed by atoms with Crippen LogP contribution in [0, 0.1) is 6.92 Å². The molecule has 0 N–H and O–H groups in total. The highest BCUT2D eigenvalue weighted by molar-refractivity contribution is 5.51. The topological polar surface area (TPSA) is 45.5 Å². The van der Waals surface area contributed by atoms with Crippen LogP contribution in [0.4, 0.5) is 0 Å². The maximum Gasteiger partial charge on any atom is 0.203 e. The zero-order chi connectivity index (χ0) is 13.8. The third-order valence-electron chi connectivity index (χ3n) is 2.91. The SMILES string of the molecule is COc1cccc(OC)c1OCc1cc(C)n(C)n1. The van der Waals surface area contributed by atoms with E-state index in [-0.39, 0.29) is 0 Å². The van der Waals surface area contributed by atoms with Gasteiger partial charge in [-0.2, -0.15) is 5.10 Å². The number of rotatable bonds is 5. The van der Waals surface area contributed by atoms with Gasteiger partial charge in [-0.15, -0.1) is 0 Å². The van der Waals surface area contributed by atoms with Crippen LogP contribution in [-0.2, 0) is 13.7 Å². The van der Waals surface area contributed by atoms with Crippen LogP contribution in [0.5, 0.6) is 17.2 Å². The first-order valence-corrected chi connectivity index (χ1v) is 5.99. The zero-order valence-electron chi connectivity index (χ0n) is 11.6. The lowest BCUT2D eigenvalue weighted by atomic mass is 10.3. The summed E-state index contributed by atoms with van der Waals surface area (Å²) < 4.78 is 18.1. The molecule has 0 fully saturated rings. The summed E-state index contributed by atoms with van der Waals surface area (Å²) in [4.78, 5) is 0. The van der Waals surface area contributed by atoms with Crippen LogP contribution in [0.15, 0.2) is 24.3 Å². The summed E-state index contributed by atoms with van der Waals surface area (Å²) in [6.45, 7) is 2.37. The average molecular weight is 262 g/mol. The fourth-order valence-electron chi connectivity index (χ4n) is 1.81. The highest BCUT2D eigenvalue weighted by atomic mass is 16.5. The van der Waals surface area contributed by atoms with Gasteiger partial charge in [0.25, 0.3) is 0 Å². The molecule has 1 aromatic carbocycles. The molecule has 0 saturated heterocycles. The summed E-state index contributed by atoms with van der Waals surface area (Å²) in [5.41, 5.74) is 1.96. The second-order valence-electron chi connectivity index (χ2n) is 4.18. The fraction of sp³-hybridized carbons (Fsp3) is 0.357. The predicted molar refractivity (Wildman–Crippen MR) is 71.8 cm³/mol. The van der Waals surface area contributed by atoms with E-state index in [9.17, 15) is 0 Å². The van der Waals surface area contributed by atoms with Crippen LogP contribution in [0.1, 0.15) is 11.4 Å². The number of methoxy groups -OCH3 is 2. The third kappa shape index (κ3) is 2.81. The summed E-state index contributed by atoms with van der Waals surface area (Å²) in [7, 11) is 5.11. The summed E-state index contributed by atoms with van der Waals surface area (Å²) >= 11 is 0. The van der Waals surface area contributed by atoms with Crippen molar-refractivity contribution < 1.29 is 14.2 Å². The largest absolute Gasteiger partial charge is 0.493 e. The molecule has 0 aliphatic heterocycles. The first-order chi connectivity index (χ1) is 9.15. The Balaban J connectivity index is 2.18. The third-order valence-corrected chi connectivity index (χ3v) is 2.91. The summed E-state index contributed by atoms with van der Waals surface area (Å²) in [5, 5.41) is 4.35. The number of aromatic nitrogens is 2. The van der Waals surface area contributed by atoms with Gasteiger partial charge in [-0.1, -0.05) is 6.07 Å². The van der Waals surface area contributed by atoms with Crippen molar-refractivity contribution in [3.63, 3.8) is 0 Å². The van der Waals surface area contributed by atoms with E-state index in [1.165, 1.54) is 0 Å². The van der Waals surface area contributed by atoms with Gasteiger partial charge in [0.05, 0.1) is 14.2 Å². The second kappa shape index (κ2) is 5.65. The summed E-state index contributed by atoms with van der Waals surface area (Å²) in [5.74, 6) is 1.88. The highest BCUT2D eigenvalue weighted by Crippen LogP contribution is 2.37. The number of aryl methyl sites for hydroxylation is 2. The van der Waals surface area contributed by atoms with Crippen LogP contribution < -0.4 is 14.2 Å². The molecule has 5 heteroatoms. The van der Waals surface area contributed by atoms with E-state index in [0.717, 1.165) is 11.4 Å². The number of nitrogens with zero attached hydrogens (tertiary/aromatic N) is 2. The van der Waals surface area contributed by atoms with E-state index in [2.05, 4.69) is 5.10 Å². The van der Waals surface area contributed by atoms with Gasteiger partial charge in [-0.3, -0.25) is 4.68 Å². The minimum Gasteiger partial charge on any atom is -0.493 e. The molecule has 2 rings (SSSR count). The average Bonchev–Trinajstić information content (AvgIpc) is 2.75. The van der Waals surface area contributed by atoms with Crippen LogP contribution in [0.3, 0.4) is 0 Å². The second-order valence-corrected chi connectivity index (χ2v) is 4.18. The van der Waals surface area contributed by atoms with E-state index < -0.39 is 0 Å². The van der Waals surface area contributed by atoms with Gasteiger partial charge in [-0.05, 0) is 25.1 Å². The van der Waals surface area contributed by atoms with Crippen molar-refractivity contribution in [3.8, 4) is 17.2 Å². The molecule has 1 aromatic heterocycles. The normalized spacial score (nSPS) is 10.3. The lowest BCUT2D eigenvalue weighted by Gasteiger charge is -2.13.